The first-order valence-corrected chi connectivity index (χ1v) is 24.0. The van der Waals surface area contributed by atoms with E-state index in [0.717, 1.165) is 0 Å². The van der Waals surface area contributed by atoms with Crippen molar-refractivity contribution in [2.24, 2.45) is 0 Å². The highest BCUT2D eigenvalue weighted by Crippen LogP contribution is 2.47. The summed E-state index contributed by atoms with van der Waals surface area (Å²) in [5.41, 5.74) is 25.9. The summed E-state index contributed by atoms with van der Waals surface area (Å²) < 4.78 is 0. The topological polar surface area (TPSA) is 0 Å². The summed E-state index contributed by atoms with van der Waals surface area (Å²) in [7, 11) is 0. The third-order valence-corrected chi connectivity index (χ3v) is 14.2. The molecule has 0 atom stereocenters. The maximum Gasteiger partial charge on any atom is 0.242 e. The van der Waals surface area contributed by atoms with Crippen molar-refractivity contribution in [3.63, 3.8) is 0 Å². The molecule has 10 rings (SSSR count). The summed E-state index contributed by atoms with van der Waals surface area (Å²) >= 11 is 0. The number of benzene rings is 10. The van der Waals surface area contributed by atoms with Crippen LogP contribution in [0.1, 0.15) is 55.6 Å². The number of aryl methyl sites for hydroxylation is 6. The van der Waals surface area contributed by atoms with E-state index in [1.54, 1.807) is 0 Å². The van der Waals surface area contributed by atoms with Gasteiger partial charge in [0.1, 0.15) is 0 Å². The van der Waals surface area contributed by atoms with E-state index < -0.39 is 5.41 Å². The molecule has 10 aromatic carbocycles. The summed E-state index contributed by atoms with van der Waals surface area (Å²) in [6, 6.07) is 88.0. The predicted octanol–water partition coefficient (Wildman–Crippen LogP) is 15.1. The average molecular weight is 873 g/mol. The summed E-state index contributed by atoms with van der Waals surface area (Å²) in [6.07, 6.45) is 0. The molecule has 0 amide bonds. The van der Waals surface area contributed by atoms with Gasteiger partial charge in [0.25, 0.3) is 0 Å². The molecule has 0 fully saturated rings. The monoisotopic (exact) mass is 872 g/mol. The van der Waals surface area contributed by atoms with Crippen molar-refractivity contribution in [3.05, 3.63) is 292 Å². The van der Waals surface area contributed by atoms with Crippen LogP contribution in [0.25, 0.3) is 44.5 Å². The minimum atomic E-state index is -0.636. The Kier molecular flexibility index (Phi) is 12.2. The van der Waals surface area contributed by atoms with E-state index in [2.05, 4.69) is 278 Å². The molecule has 68 heavy (non-hydrogen) atoms. The molecule has 328 valence electrons. The van der Waals surface area contributed by atoms with E-state index in [1.807, 2.05) is 0 Å². The number of rotatable bonds is 11. The minimum Gasteiger partial charge on any atom is -0.0686 e. The van der Waals surface area contributed by atoms with Gasteiger partial charge in [-0.2, -0.15) is 0 Å². The van der Waals surface area contributed by atoms with E-state index in [1.165, 1.54) is 117 Å². The van der Waals surface area contributed by atoms with Crippen LogP contribution in [-0.4, -0.2) is 6.71 Å². The Morgan fingerprint density at radius 1 is 0.250 bits per heavy atom. The van der Waals surface area contributed by atoms with Gasteiger partial charge in [-0.15, -0.1) is 0 Å². The second-order valence-corrected chi connectivity index (χ2v) is 18.8. The lowest BCUT2D eigenvalue weighted by molar-refractivity contribution is 0.745. The van der Waals surface area contributed by atoms with Gasteiger partial charge in [0.2, 0.25) is 6.71 Å². The zero-order valence-corrected chi connectivity index (χ0v) is 40.1. The van der Waals surface area contributed by atoms with Crippen molar-refractivity contribution in [1.29, 1.82) is 0 Å². The first-order valence-electron chi connectivity index (χ1n) is 24.0. The van der Waals surface area contributed by atoms with Gasteiger partial charge < -0.3 is 0 Å². The number of hydrogen-bond donors (Lipinski definition) is 0. The molecule has 0 saturated heterocycles. The molecule has 0 spiro atoms. The Hall–Kier alpha value is -7.74. The zero-order chi connectivity index (χ0) is 46.8. The fourth-order valence-electron chi connectivity index (χ4n) is 11.2. The molecular weight excluding hydrogens is 816 g/mol. The Balaban J connectivity index is 1.11. The van der Waals surface area contributed by atoms with Crippen molar-refractivity contribution in [2.45, 2.75) is 47.0 Å². The maximum atomic E-state index is 2.37. The largest absolute Gasteiger partial charge is 0.242 e. The molecule has 0 unspecified atom stereocenters. The molecule has 0 aliphatic rings. The van der Waals surface area contributed by atoms with Crippen LogP contribution in [0.3, 0.4) is 0 Å². The zero-order valence-electron chi connectivity index (χ0n) is 40.1. The second-order valence-electron chi connectivity index (χ2n) is 18.8. The highest BCUT2D eigenvalue weighted by atomic mass is 14.4. The SMILES string of the molecule is Cc1cc(C)c(B(c2ccc(-c3ccc(C(c4ccc(-c5ccccc5)cc4)(c4ccc(-c5ccccc5)cc4)c4ccc(-c5ccccc5)cc4)cc3)cc2)c2c(C)cc(C)cc2C)c(C)c1. The summed E-state index contributed by atoms with van der Waals surface area (Å²) in [5, 5.41) is 0. The van der Waals surface area contributed by atoms with Crippen molar-refractivity contribution < 1.29 is 0 Å². The predicted molar refractivity (Wildman–Crippen MR) is 292 cm³/mol. The fourth-order valence-corrected chi connectivity index (χ4v) is 11.2. The summed E-state index contributed by atoms with van der Waals surface area (Å²) in [4.78, 5) is 0. The van der Waals surface area contributed by atoms with E-state index in [-0.39, 0.29) is 6.71 Å². The van der Waals surface area contributed by atoms with Gasteiger partial charge >= 0.3 is 0 Å². The summed E-state index contributed by atoms with van der Waals surface area (Å²) in [5.74, 6) is 0. The molecule has 0 bridgehead atoms. The van der Waals surface area contributed by atoms with Gasteiger partial charge in [-0.25, -0.2) is 0 Å². The summed E-state index contributed by atoms with van der Waals surface area (Å²) in [6.45, 7) is 13.7. The van der Waals surface area contributed by atoms with Gasteiger partial charge in [0, 0.05) is 0 Å². The smallest absolute Gasteiger partial charge is 0.0686 e. The lowest BCUT2D eigenvalue weighted by atomic mass is 9.34. The Morgan fingerprint density at radius 2 is 0.471 bits per heavy atom. The first kappa shape index (κ1) is 44.1. The van der Waals surface area contributed by atoms with Crippen LogP contribution >= 0.6 is 0 Å². The molecule has 0 N–H and O–H groups in total. The van der Waals surface area contributed by atoms with Crippen molar-refractivity contribution in [1.82, 2.24) is 0 Å². The average Bonchev–Trinajstić information content (AvgIpc) is 3.37. The second kappa shape index (κ2) is 18.9. The molecule has 1 heteroatoms. The van der Waals surface area contributed by atoms with Crippen LogP contribution in [0.4, 0.5) is 0 Å². The minimum absolute atomic E-state index is 0.128. The molecular formula is C67H57B. The van der Waals surface area contributed by atoms with Gasteiger partial charge in [-0.05, 0) is 108 Å². The number of hydrogen-bond acceptors (Lipinski definition) is 0. The lowest BCUT2D eigenvalue weighted by Gasteiger charge is -2.37. The highest BCUT2D eigenvalue weighted by molar-refractivity contribution is 6.96. The Morgan fingerprint density at radius 3 is 0.721 bits per heavy atom. The van der Waals surface area contributed by atoms with Gasteiger partial charge in [0.05, 0.1) is 5.41 Å². The Labute approximate surface area is 404 Å². The van der Waals surface area contributed by atoms with Crippen molar-refractivity contribution >= 4 is 23.1 Å². The van der Waals surface area contributed by atoms with E-state index in [0.29, 0.717) is 0 Å². The van der Waals surface area contributed by atoms with E-state index >= 15 is 0 Å². The highest BCUT2D eigenvalue weighted by Gasteiger charge is 2.39. The molecule has 10 aromatic rings. The molecule has 0 saturated carbocycles. The quantitative estimate of drug-likeness (QED) is 0.0897. The van der Waals surface area contributed by atoms with E-state index in [9.17, 15) is 0 Å². The maximum absolute atomic E-state index is 2.37. The van der Waals surface area contributed by atoms with E-state index in [4.69, 9.17) is 0 Å². The van der Waals surface area contributed by atoms with Crippen LogP contribution in [-0.2, 0) is 5.41 Å². The van der Waals surface area contributed by atoms with Crippen LogP contribution < -0.4 is 16.4 Å². The van der Waals surface area contributed by atoms with Crippen molar-refractivity contribution in [3.8, 4) is 44.5 Å². The van der Waals surface area contributed by atoms with Gasteiger partial charge in [0.15, 0.2) is 0 Å². The van der Waals surface area contributed by atoms with Crippen molar-refractivity contribution in [2.75, 3.05) is 0 Å². The molecule has 0 radical (unpaired) electrons. The standard InChI is InChI=1S/C67H57B/c1-46-42-48(3)65(49(4)43-46)68(66-50(5)44-47(2)45-51(66)6)64-40-30-59(31-41-64)58-28-38-63(39-29-58)67(60-32-22-55(23-33-60)52-16-10-7-11-17-52,61-34-24-56(25-35-61)53-18-12-8-13-19-53)62-36-26-57(27-37-62)54-20-14-9-15-21-54/h7-45H,1-6H3. The molecule has 0 heterocycles. The molecule has 0 aliphatic heterocycles. The van der Waals surface area contributed by atoms with Crippen LogP contribution in [0, 0.1) is 41.5 Å². The first-order chi connectivity index (χ1) is 33.2. The lowest BCUT2D eigenvalue weighted by Crippen LogP contribution is -2.55. The normalized spacial score (nSPS) is 11.4. The molecule has 0 aromatic heterocycles. The fraction of sp³-hybridized carbons (Fsp3) is 0.104. The van der Waals surface area contributed by atoms with Crippen LogP contribution in [0.5, 0.6) is 0 Å². The molecule has 0 aliphatic carbocycles. The Bertz CT molecular complexity index is 3010. The third-order valence-electron chi connectivity index (χ3n) is 14.2. The van der Waals surface area contributed by atoms with Gasteiger partial charge in [-0.3, -0.25) is 0 Å². The van der Waals surface area contributed by atoms with Crippen LogP contribution in [0.15, 0.2) is 237 Å². The van der Waals surface area contributed by atoms with Gasteiger partial charge in [-0.1, -0.05) is 286 Å². The third kappa shape index (κ3) is 8.46. The van der Waals surface area contributed by atoms with Crippen LogP contribution in [0.2, 0.25) is 0 Å². The molecule has 0 nitrogen and oxygen atoms in total.